The molecule has 0 fully saturated rings. The number of benzene rings is 1. The Morgan fingerprint density at radius 3 is 2.31 bits per heavy atom. The fourth-order valence-corrected chi connectivity index (χ4v) is 4.95. The number of amides is 1. The van der Waals surface area contributed by atoms with Gasteiger partial charge in [0.05, 0.1) is 12.6 Å². The number of rotatable bonds is 7. The SMILES string of the molecule is CC(C)(C)OC(=O)NC(CO[Si](C)(C)C(C)(C)C)Cc1nc2c(F)c3c(c(F)c2[nH]1)CC(C=O)C3. The molecule has 1 aromatic heterocycles. The summed E-state index contributed by atoms with van der Waals surface area (Å²) in [6.07, 6.45) is 0.649. The predicted molar refractivity (Wildman–Crippen MR) is 133 cm³/mol. The van der Waals surface area contributed by atoms with E-state index >= 15 is 8.78 Å². The van der Waals surface area contributed by atoms with E-state index in [-0.39, 0.29) is 53.1 Å². The van der Waals surface area contributed by atoms with Crippen molar-refractivity contribution < 1.29 is 27.5 Å². The van der Waals surface area contributed by atoms with Gasteiger partial charge in [-0.1, -0.05) is 20.8 Å². The minimum Gasteiger partial charge on any atom is -0.444 e. The smallest absolute Gasteiger partial charge is 0.407 e. The van der Waals surface area contributed by atoms with Crippen LogP contribution in [-0.4, -0.2) is 48.9 Å². The molecule has 2 aromatic rings. The molecule has 194 valence electrons. The van der Waals surface area contributed by atoms with Gasteiger partial charge in [-0.05, 0) is 62.9 Å². The molecule has 2 N–H and O–H groups in total. The maximum atomic E-state index is 15.2. The van der Waals surface area contributed by atoms with Crippen LogP contribution in [0.2, 0.25) is 18.1 Å². The first-order chi connectivity index (χ1) is 16.0. The quantitative estimate of drug-likeness (QED) is 0.395. The molecular formula is C25H37F2N3O4Si. The number of hydrogen-bond donors (Lipinski definition) is 2. The van der Waals surface area contributed by atoms with E-state index in [1.807, 2.05) is 0 Å². The van der Waals surface area contributed by atoms with Crippen molar-refractivity contribution in [1.82, 2.24) is 15.3 Å². The molecule has 1 aromatic carbocycles. The van der Waals surface area contributed by atoms with E-state index in [0.29, 0.717) is 5.82 Å². The van der Waals surface area contributed by atoms with Crippen LogP contribution < -0.4 is 5.32 Å². The van der Waals surface area contributed by atoms with Gasteiger partial charge in [0.1, 0.15) is 28.7 Å². The second kappa shape index (κ2) is 9.61. The lowest BCUT2D eigenvalue weighted by Gasteiger charge is -2.37. The largest absolute Gasteiger partial charge is 0.444 e. The first kappa shape index (κ1) is 27.3. The van der Waals surface area contributed by atoms with Crippen LogP contribution in [0.5, 0.6) is 0 Å². The number of alkyl carbamates (subject to hydrolysis) is 1. The fraction of sp³-hybridized carbons (Fsp3) is 0.640. The number of nitrogens with one attached hydrogen (secondary N) is 2. The van der Waals surface area contributed by atoms with E-state index < -0.39 is 43.6 Å². The molecule has 3 rings (SSSR count). The fourth-order valence-electron chi connectivity index (χ4n) is 3.90. The van der Waals surface area contributed by atoms with Crippen molar-refractivity contribution >= 4 is 31.7 Å². The Balaban J connectivity index is 1.88. The summed E-state index contributed by atoms with van der Waals surface area (Å²) < 4.78 is 42.1. The molecule has 2 atom stereocenters. The van der Waals surface area contributed by atoms with Crippen molar-refractivity contribution in [2.75, 3.05) is 6.61 Å². The molecule has 0 saturated heterocycles. The maximum Gasteiger partial charge on any atom is 0.407 e. The molecule has 1 aliphatic carbocycles. The van der Waals surface area contributed by atoms with Crippen molar-refractivity contribution in [2.24, 2.45) is 5.92 Å². The number of aromatic amines is 1. The van der Waals surface area contributed by atoms with Crippen LogP contribution in [0, 0.1) is 17.6 Å². The molecule has 0 spiro atoms. The monoisotopic (exact) mass is 509 g/mol. The molecule has 1 aliphatic rings. The minimum atomic E-state index is -2.13. The van der Waals surface area contributed by atoms with E-state index in [9.17, 15) is 9.59 Å². The van der Waals surface area contributed by atoms with Crippen LogP contribution in [0.1, 0.15) is 58.5 Å². The summed E-state index contributed by atoms with van der Waals surface area (Å²) in [6.45, 7) is 16.1. The van der Waals surface area contributed by atoms with Crippen molar-refractivity contribution in [3.8, 4) is 0 Å². The van der Waals surface area contributed by atoms with Crippen molar-refractivity contribution in [2.45, 2.75) is 90.6 Å². The lowest BCUT2D eigenvalue weighted by Crippen LogP contribution is -2.48. The maximum absolute atomic E-state index is 15.2. The second-order valence-electron chi connectivity index (χ2n) is 11.9. The van der Waals surface area contributed by atoms with Crippen molar-refractivity contribution in [3.63, 3.8) is 0 Å². The van der Waals surface area contributed by atoms with Crippen LogP contribution in [0.3, 0.4) is 0 Å². The third-order valence-electron chi connectivity index (χ3n) is 6.81. The van der Waals surface area contributed by atoms with Crippen LogP contribution >= 0.6 is 0 Å². The third kappa shape index (κ3) is 6.09. The molecular weight excluding hydrogens is 472 g/mol. The van der Waals surface area contributed by atoms with Gasteiger partial charge in [0.2, 0.25) is 0 Å². The molecule has 0 bridgehead atoms. The Labute approximate surface area is 206 Å². The van der Waals surface area contributed by atoms with E-state index in [2.05, 4.69) is 49.1 Å². The molecule has 0 aliphatic heterocycles. The topological polar surface area (TPSA) is 93.3 Å². The number of H-pyrrole nitrogens is 1. The predicted octanol–water partition coefficient (Wildman–Crippen LogP) is 5.21. The molecule has 0 saturated carbocycles. The van der Waals surface area contributed by atoms with Gasteiger partial charge < -0.3 is 24.3 Å². The van der Waals surface area contributed by atoms with E-state index in [1.54, 1.807) is 20.8 Å². The summed E-state index contributed by atoms with van der Waals surface area (Å²) in [5.41, 5.74) is -0.351. The molecule has 1 heterocycles. The molecule has 10 heteroatoms. The number of ether oxygens (including phenoxy) is 1. The standard InChI is InChI=1S/C25H37F2N3O4Si/c1-24(2,3)34-23(32)28-15(13-33-35(7,8)25(4,5)6)11-18-29-21-19(26)16-9-14(12-31)10-17(16)20(27)22(21)30-18/h12,14-15H,9-11,13H2,1-8H3,(H,28,32)(H,29,30). The zero-order valence-electron chi connectivity index (χ0n) is 21.9. The number of aromatic nitrogens is 2. The van der Waals surface area contributed by atoms with Gasteiger partial charge in [-0.2, -0.15) is 0 Å². The van der Waals surface area contributed by atoms with Gasteiger partial charge in [0.15, 0.2) is 20.0 Å². The number of imidazole rings is 1. The molecule has 2 unspecified atom stereocenters. The zero-order valence-corrected chi connectivity index (χ0v) is 22.9. The number of aldehydes is 1. The first-order valence-corrected chi connectivity index (χ1v) is 14.9. The van der Waals surface area contributed by atoms with Gasteiger partial charge in [-0.15, -0.1) is 0 Å². The number of nitrogens with zero attached hydrogens (tertiary/aromatic N) is 1. The highest BCUT2D eigenvalue weighted by molar-refractivity contribution is 6.74. The molecule has 0 radical (unpaired) electrons. The summed E-state index contributed by atoms with van der Waals surface area (Å²) in [4.78, 5) is 30.9. The van der Waals surface area contributed by atoms with E-state index in [0.717, 1.165) is 6.29 Å². The van der Waals surface area contributed by atoms with Crippen molar-refractivity contribution in [3.05, 3.63) is 28.6 Å². The summed E-state index contributed by atoms with van der Waals surface area (Å²) >= 11 is 0. The Bertz CT molecular complexity index is 1070. The third-order valence-corrected chi connectivity index (χ3v) is 11.3. The summed E-state index contributed by atoms with van der Waals surface area (Å²) in [7, 11) is -2.13. The highest BCUT2D eigenvalue weighted by atomic mass is 28.4. The lowest BCUT2D eigenvalue weighted by atomic mass is 10.1. The summed E-state index contributed by atoms with van der Waals surface area (Å²) in [5.74, 6) is -1.27. The molecule has 35 heavy (non-hydrogen) atoms. The Kier molecular flexibility index (Phi) is 7.48. The summed E-state index contributed by atoms with van der Waals surface area (Å²) in [5, 5.41) is 2.80. The van der Waals surface area contributed by atoms with Crippen LogP contribution in [0.25, 0.3) is 11.0 Å². The van der Waals surface area contributed by atoms with Gasteiger partial charge in [-0.25, -0.2) is 18.6 Å². The number of carbonyl (C=O) groups is 2. The Morgan fingerprint density at radius 2 is 1.77 bits per heavy atom. The average Bonchev–Trinajstić information content (AvgIpc) is 3.33. The lowest BCUT2D eigenvalue weighted by molar-refractivity contribution is -0.110. The van der Waals surface area contributed by atoms with Crippen molar-refractivity contribution in [1.29, 1.82) is 0 Å². The van der Waals surface area contributed by atoms with Crippen LogP contribution in [0.15, 0.2) is 0 Å². The number of carbonyl (C=O) groups excluding carboxylic acids is 2. The number of halogens is 2. The van der Waals surface area contributed by atoms with Gasteiger partial charge in [0, 0.05) is 12.3 Å². The first-order valence-electron chi connectivity index (χ1n) is 12.0. The zero-order chi connectivity index (χ0) is 26.3. The molecule has 7 nitrogen and oxygen atoms in total. The second-order valence-corrected chi connectivity index (χ2v) is 16.7. The van der Waals surface area contributed by atoms with Crippen LogP contribution in [-0.2, 0) is 33.2 Å². The Morgan fingerprint density at radius 1 is 1.17 bits per heavy atom. The van der Waals surface area contributed by atoms with Gasteiger partial charge in [-0.3, -0.25) is 0 Å². The number of hydrogen-bond acceptors (Lipinski definition) is 5. The van der Waals surface area contributed by atoms with E-state index in [4.69, 9.17) is 9.16 Å². The highest BCUT2D eigenvalue weighted by Gasteiger charge is 2.38. The highest BCUT2D eigenvalue weighted by Crippen LogP contribution is 2.37. The molecule has 1 amide bonds. The average molecular weight is 510 g/mol. The summed E-state index contributed by atoms with van der Waals surface area (Å²) in [6, 6.07) is -0.531. The Hall–Kier alpha value is -2.33. The van der Waals surface area contributed by atoms with Crippen LogP contribution in [0.4, 0.5) is 13.6 Å². The normalized spacial score (nSPS) is 15.8. The minimum absolute atomic E-state index is 0.0240. The van der Waals surface area contributed by atoms with Gasteiger partial charge >= 0.3 is 6.09 Å². The van der Waals surface area contributed by atoms with E-state index in [1.165, 1.54) is 0 Å². The number of fused-ring (bicyclic) bond motifs is 2. The van der Waals surface area contributed by atoms with Gasteiger partial charge in [0.25, 0.3) is 0 Å².